The van der Waals surface area contributed by atoms with Crippen molar-refractivity contribution in [2.24, 2.45) is 0 Å². The molecule has 0 saturated carbocycles. The number of hydrogen-bond acceptors (Lipinski definition) is 5. The van der Waals surface area contributed by atoms with Crippen LogP contribution in [-0.4, -0.2) is 57.7 Å². The fraction of sp³-hybridized carbons (Fsp3) is 0.529. The zero-order valence-electron chi connectivity index (χ0n) is 15.1. The van der Waals surface area contributed by atoms with Crippen LogP contribution >= 0.6 is 11.6 Å². The van der Waals surface area contributed by atoms with E-state index in [1.54, 1.807) is 24.1 Å². The summed E-state index contributed by atoms with van der Waals surface area (Å²) in [7, 11) is 4.59. The molecule has 0 heterocycles. The van der Waals surface area contributed by atoms with E-state index >= 15 is 0 Å². The van der Waals surface area contributed by atoms with Crippen molar-refractivity contribution in [2.45, 2.75) is 19.8 Å². The van der Waals surface area contributed by atoms with Crippen molar-refractivity contribution in [1.29, 1.82) is 0 Å². The third-order valence-corrected chi connectivity index (χ3v) is 3.87. The van der Waals surface area contributed by atoms with Gasteiger partial charge in [-0.3, -0.25) is 9.59 Å². The average molecular weight is 373 g/mol. The zero-order chi connectivity index (χ0) is 18.8. The second-order valence-corrected chi connectivity index (χ2v) is 5.74. The summed E-state index contributed by atoms with van der Waals surface area (Å²) in [5.74, 6) is 0.556. The van der Waals surface area contributed by atoms with Crippen LogP contribution in [0.1, 0.15) is 19.8 Å². The quantitative estimate of drug-likeness (QED) is 0.639. The Bertz CT molecular complexity index is 595. The number of methoxy groups -OCH3 is 3. The lowest BCUT2D eigenvalue weighted by molar-refractivity contribution is -0.129. The summed E-state index contributed by atoms with van der Waals surface area (Å²) in [6.45, 7) is 2.93. The van der Waals surface area contributed by atoms with Crippen LogP contribution in [0.4, 0.5) is 5.69 Å². The average Bonchev–Trinajstić information content (AvgIpc) is 2.58. The number of carbonyl (C=O) groups excluding carboxylic acids is 2. The number of hydrogen-bond donors (Lipinski definition) is 1. The van der Waals surface area contributed by atoms with Gasteiger partial charge in [-0.25, -0.2) is 0 Å². The molecule has 0 fully saturated rings. The smallest absolute Gasteiger partial charge is 0.226 e. The first-order valence-corrected chi connectivity index (χ1v) is 8.26. The number of ether oxygens (including phenoxy) is 3. The molecule has 25 heavy (non-hydrogen) atoms. The lowest BCUT2D eigenvalue weighted by atomic mass is 10.2. The molecule has 1 aromatic carbocycles. The Morgan fingerprint density at radius 2 is 1.80 bits per heavy atom. The first-order valence-electron chi connectivity index (χ1n) is 7.88. The molecule has 1 N–H and O–H groups in total. The Morgan fingerprint density at radius 3 is 2.36 bits per heavy atom. The molecule has 0 aliphatic rings. The molecule has 8 heteroatoms. The van der Waals surface area contributed by atoms with E-state index < -0.39 is 0 Å². The van der Waals surface area contributed by atoms with E-state index in [0.29, 0.717) is 41.9 Å². The molecule has 0 saturated heterocycles. The fourth-order valence-corrected chi connectivity index (χ4v) is 2.46. The predicted octanol–water partition coefficient (Wildman–Crippen LogP) is 2.57. The van der Waals surface area contributed by atoms with Crippen molar-refractivity contribution in [1.82, 2.24) is 4.90 Å². The van der Waals surface area contributed by atoms with E-state index in [1.165, 1.54) is 21.1 Å². The van der Waals surface area contributed by atoms with Gasteiger partial charge >= 0.3 is 0 Å². The molecule has 1 rings (SSSR count). The van der Waals surface area contributed by atoms with Gasteiger partial charge in [0.25, 0.3) is 0 Å². The van der Waals surface area contributed by atoms with Crippen molar-refractivity contribution in [2.75, 3.05) is 46.3 Å². The summed E-state index contributed by atoms with van der Waals surface area (Å²) in [4.78, 5) is 25.5. The molecule has 0 radical (unpaired) electrons. The highest BCUT2D eigenvalue weighted by atomic mass is 35.5. The number of nitrogens with one attached hydrogen (secondary N) is 1. The molecule has 1 aromatic rings. The number of rotatable bonds is 10. The van der Waals surface area contributed by atoms with Crippen LogP contribution in [0.2, 0.25) is 5.02 Å². The molecule has 0 spiro atoms. The normalized spacial score (nSPS) is 10.3. The number of nitrogens with zero attached hydrogens (tertiary/aromatic N) is 1. The molecule has 0 aliphatic carbocycles. The maximum absolute atomic E-state index is 12.2. The number of amides is 2. The Kier molecular flexibility index (Phi) is 9.08. The molecular formula is C17H25ClN2O5. The summed E-state index contributed by atoms with van der Waals surface area (Å²) in [6, 6.07) is 3.17. The van der Waals surface area contributed by atoms with Crippen LogP contribution < -0.4 is 14.8 Å². The highest BCUT2D eigenvalue weighted by molar-refractivity contribution is 6.32. The van der Waals surface area contributed by atoms with Crippen LogP contribution in [-0.2, 0) is 14.3 Å². The van der Waals surface area contributed by atoms with Gasteiger partial charge in [-0.15, -0.1) is 0 Å². The summed E-state index contributed by atoms with van der Waals surface area (Å²) in [5.41, 5.74) is 0.461. The Morgan fingerprint density at radius 1 is 1.12 bits per heavy atom. The Labute approximate surface area is 153 Å². The molecule has 0 aromatic heterocycles. The third kappa shape index (κ3) is 6.80. The van der Waals surface area contributed by atoms with Gasteiger partial charge in [0.2, 0.25) is 11.8 Å². The molecule has 0 aliphatic heterocycles. The predicted molar refractivity (Wildman–Crippen MR) is 96.5 cm³/mol. The molecule has 140 valence electrons. The minimum absolute atomic E-state index is 0.0744. The van der Waals surface area contributed by atoms with E-state index in [2.05, 4.69) is 5.32 Å². The van der Waals surface area contributed by atoms with Crippen molar-refractivity contribution >= 4 is 29.1 Å². The Balaban J connectivity index is 2.68. The van der Waals surface area contributed by atoms with Gasteiger partial charge in [-0.2, -0.15) is 0 Å². The molecule has 0 unspecified atom stereocenters. The van der Waals surface area contributed by atoms with Gasteiger partial charge in [0.15, 0.2) is 0 Å². The number of carbonyl (C=O) groups is 2. The van der Waals surface area contributed by atoms with Gasteiger partial charge in [-0.1, -0.05) is 11.6 Å². The minimum Gasteiger partial charge on any atom is -0.495 e. The molecule has 7 nitrogen and oxygen atoms in total. The Hall–Kier alpha value is -1.99. The van der Waals surface area contributed by atoms with Gasteiger partial charge in [0.1, 0.15) is 11.5 Å². The molecule has 0 bridgehead atoms. The molecular weight excluding hydrogens is 348 g/mol. The third-order valence-electron chi connectivity index (χ3n) is 3.58. The monoisotopic (exact) mass is 372 g/mol. The highest BCUT2D eigenvalue weighted by Crippen LogP contribution is 2.35. The summed E-state index contributed by atoms with van der Waals surface area (Å²) in [5, 5.41) is 3.15. The first-order chi connectivity index (χ1) is 11.9. The van der Waals surface area contributed by atoms with Crippen LogP contribution in [0.3, 0.4) is 0 Å². The number of benzene rings is 1. The van der Waals surface area contributed by atoms with Crippen LogP contribution in [0, 0.1) is 0 Å². The van der Waals surface area contributed by atoms with E-state index in [0.717, 1.165) is 6.42 Å². The second kappa shape index (κ2) is 10.8. The van der Waals surface area contributed by atoms with E-state index in [1.807, 2.05) is 0 Å². The highest BCUT2D eigenvalue weighted by Gasteiger charge is 2.15. The zero-order valence-corrected chi connectivity index (χ0v) is 15.8. The molecule has 0 atom stereocenters. The second-order valence-electron chi connectivity index (χ2n) is 5.34. The molecule has 2 amide bonds. The van der Waals surface area contributed by atoms with Gasteiger partial charge in [0, 0.05) is 52.3 Å². The standard InChI is InChI=1S/C17H25ClN2O5/c1-12(21)20(7-5-9-23-2)8-6-17(22)19-14-11-15(24-3)13(18)10-16(14)25-4/h10-11H,5-9H2,1-4H3,(H,19,22). The van der Waals surface area contributed by atoms with Crippen molar-refractivity contribution in [3.05, 3.63) is 17.2 Å². The minimum atomic E-state index is -0.235. The number of anilines is 1. The summed E-state index contributed by atoms with van der Waals surface area (Å²) in [6.07, 6.45) is 0.889. The van der Waals surface area contributed by atoms with Gasteiger partial charge in [-0.05, 0) is 6.42 Å². The van der Waals surface area contributed by atoms with Crippen LogP contribution in [0.5, 0.6) is 11.5 Å². The van der Waals surface area contributed by atoms with Crippen LogP contribution in [0.25, 0.3) is 0 Å². The van der Waals surface area contributed by atoms with Gasteiger partial charge < -0.3 is 24.4 Å². The summed E-state index contributed by atoms with van der Waals surface area (Å²) < 4.78 is 15.4. The van der Waals surface area contributed by atoms with Crippen LogP contribution in [0.15, 0.2) is 12.1 Å². The van der Waals surface area contributed by atoms with E-state index in [9.17, 15) is 9.59 Å². The van der Waals surface area contributed by atoms with E-state index in [4.69, 9.17) is 25.8 Å². The van der Waals surface area contributed by atoms with Crippen molar-refractivity contribution in [3.63, 3.8) is 0 Å². The van der Waals surface area contributed by atoms with E-state index in [-0.39, 0.29) is 18.2 Å². The number of halogens is 1. The largest absolute Gasteiger partial charge is 0.495 e. The maximum Gasteiger partial charge on any atom is 0.226 e. The SMILES string of the molecule is COCCCN(CCC(=O)Nc1cc(OC)c(Cl)cc1OC)C(C)=O. The van der Waals surface area contributed by atoms with Crippen molar-refractivity contribution in [3.8, 4) is 11.5 Å². The maximum atomic E-state index is 12.2. The lowest BCUT2D eigenvalue weighted by Crippen LogP contribution is -2.33. The lowest BCUT2D eigenvalue weighted by Gasteiger charge is -2.21. The van der Waals surface area contributed by atoms with Gasteiger partial charge in [0.05, 0.1) is 24.9 Å². The summed E-state index contributed by atoms with van der Waals surface area (Å²) >= 11 is 6.04. The first kappa shape index (κ1) is 21.1. The topological polar surface area (TPSA) is 77.1 Å². The van der Waals surface area contributed by atoms with Crippen molar-refractivity contribution < 1.29 is 23.8 Å². The fourth-order valence-electron chi connectivity index (χ4n) is 2.23.